The quantitative estimate of drug-likeness (QED) is 0.635. The average molecular weight is 422 g/mol. The molecule has 31 heavy (non-hydrogen) atoms. The molecule has 0 radical (unpaired) electrons. The Bertz CT molecular complexity index is 1160. The zero-order chi connectivity index (χ0) is 22.0. The largest absolute Gasteiger partial charge is 0.338 e. The fourth-order valence-corrected chi connectivity index (χ4v) is 4.78. The van der Waals surface area contributed by atoms with E-state index in [1.807, 2.05) is 17.0 Å². The van der Waals surface area contributed by atoms with Gasteiger partial charge in [-0.2, -0.15) is 5.10 Å². The van der Waals surface area contributed by atoms with Gasteiger partial charge in [-0.1, -0.05) is 51.0 Å². The second kappa shape index (κ2) is 9.00. The molecule has 6 heteroatoms. The van der Waals surface area contributed by atoms with E-state index in [1.165, 1.54) is 6.07 Å². The summed E-state index contributed by atoms with van der Waals surface area (Å²) in [4.78, 5) is 27.0. The van der Waals surface area contributed by atoms with E-state index < -0.39 is 5.82 Å². The number of rotatable bonds is 6. The fourth-order valence-electron chi connectivity index (χ4n) is 4.78. The fraction of sp³-hybridized carbons (Fsp3) is 0.400. The number of halogens is 1. The summed E-state index contributed by atoms with van der Waals surface area (Å²) in [5, 5.41) is 8.06. The predicted octanol–water partition coefficient (Wildman–Crippen LogP) is 4.55. The molecule has 1 fully saturated rings. The highest BCUT2D eigenvalue weighted by atomic mass is 19.1. The van der Waals surface area contributed by atoms with Crippen molar-refractivity contribution in [2.24, 2.45) is 11.8 Å². The summed E-state index contributed by atoms with van der Waals surface area (Å²) in [6, 6.07) is 11.9. The Hall–Kier alpha value is -3.02. The number of amides is 1. The summed E-state index contributed by atoms with van der Waals surface area (Å²) in [5.74, 6) is 0.226. The minimum atomic E-state index is -0.500. The maximum Gasteiger partial charge on any atom is 0.272 e. The summed E-state index contributed by atoms with van der Waals surface area (Å²) >= 11 is 0. The molecule has 1 amide bonds. The highest BCUT2D eigenvalue weighted by Crippen LogP contribution is 2.31. The van der Waals surface area contributed by atoms with Gasteiger partial charge in [-0.3, -0.25) is 9.59 Å². The first-order chi connectivity index (χ1) is 15.0. The number of nitrogens with zero attached hydrogens (tertiary/aromatic N) is 2. The summed E-state index contributed by atoms with van der Waals surface area (Å²) in [6.07, 6.45) is 3.61. The van der Waals surface area contributed by atoms with E-state index in [4.69, 9.17) is 0 Å². The minimum absolute atomic E-state index is 0.109. The van der Waals surface area contributed by atoms with Gasteiger partial charge in [0.2, 0.25) is 0 Å². The van der Waals surface area contributed by atoms with E-state index in [0.29, 0.717) is 42.4 Å². The molecule has 5 nitrogen and oxygen atoms in total. The van der Waals surface area contributed by atoms with E-state index in [1.54, 1.807) is 24.3 Å². The summed E-state index contributed by atoms with van der Waals surface area (Å²) in [7, 11) is 0. The number of H-pyrrole nitrogens is 1. The van der Waals surface area contributed by atoms with Crippen LogP contribution in [-0.2, 0) is 6.42 Å². The third-order valence-corrected chi connectivity index (χ3v) is 6.46. The number of nitrogens with one attached hydrogen (secondary N) is 1. The SMILES string of the molecule is CCCC1CN(C(=O)c2cc(Cc3n[nH]c(=O)c4ccccc34)ccc2F)CC1CC. The number of carbonyl (C=O) groups excluding carboxylic acids is 1. The molecule has 1 aliphatic rings. The van der Waals surface area contributed by atoms with Gasteiger partial charge < -0.3 is 4.90 Å². The van der Waals surface area contributed by atoms with Crippen molar-refractivity contribution < 1.29 is 9.18 Å². The molecule has 0 saturated carbocycles. The van der Waals surface area contributed by atoms with Crippen LogP contribution in [0.3, 0.4) is 0 Å². The molecule has 162 valence electrons. The molecule has 2 atom stereocenters. The van der Waals surface area contributed by atoms with Gasteiger partial charge >= 0.3 is 0 Å². The number of fused-ring (bicyclic) bond motifs is 1. The topological polar surface area (TPSA) is 66.1 Å². The Balaban J connectivity index is 1.61. The molecule has 2 aromatic carbocycles. The molecule has 3 aromatic rings. The molecule has 4 rings (SSSR count). The van der Waals surface area contributed by atoms with Crippen LogP contribution < -0.4 is 5.56 Å². The molecule has 1 aromatic heterocycles. The lowest BCUT2D eigenvalue weighted by Gasteiger charge is -2.17. The van der Waals surface area contributed by atoms with Gasteiger partial charge in [-0.05, 0) is 42.0 Å². The van der Waals surface area contributed by atoms with E-state index >= 15 is 0 Å². The smallest absolute Gasteiger partial charge is 0.272 e. The highest BCUT2D eigenvalue weighted by Gasteiger charge is 2.34. The molecular weight excluding hydrogens is 393 g/mol. The number of aromatic amines is 1. The van der Waals surface area contributed by atoms with Gasteiger partial charge in [0, 0.05) is 24.9 Å². The highest BCUT2D eigenvalue weighted by molar-refractivity contribution is 5.95. The van der Waals surface area contributed by atoms with E-state index in [0.717, 1.165) is 30.2 Å². The molecule has 2 unspecified atom stereocenters. The van der Waals surface area contributed by atoms with Gasteiger partial charge in [0.15, 0.2) is 0 Å². The van der Waals surface area contributed by atoms with Crippen LogP contribution in [0.15, 0.2) is 47.3 Å². The van der Waals surface area contributed by atoms with Gasteiger partial charge in [0.1, 0.15) is 5.82 Å². The first kappa shape index (κ1) is 21.2. The number of benzene rings is 2. The van der Waals surface area contributed by atoms with Crippen molar-refractivity contribution in [1.82, 2.24) is 15.1 Å². The third kappa shape index (κ3) is 4.24. The molecular formula is C25H28FN3O2. The Morgan fingerprint density at radius 3 is 2.61 bits per heavy atom. The normalized spacial score (nSPS) is 18.6. The van der Waals surface area contributed by atoms with Crippen LogP contribution in [0.5, 0.6) is 0 Å². The maximum atomic E-state index is 14.6. The van der Waals surface area contributed by atoms with E-state index in [2.05, 4.69) is 24.0 Å². The third-order valence-electron chi connectivity index (χ3n) is 6.46. The number of hydrogen-bond donors (Lipinski definition) is 1. The Labute approximate surface area is 181 Å². The lowest BCUT2D eigenvalue weighted by molar-refractivity contribution is 0.0778. The van der Waals surface area contributed by atoms with Crippen molar-refractivity contribution in [3.05, 3.63) is 75.5 Å². The Morgan fingerprint density at radius 2 is 1.87 bits per heavy atom. The minimum Gasteiger partial charge on any atom is -0.338 e. The van der Waals surface area contributed by atoms with Gasteiger partial charge in [-0.15, -0.1) is 0 Å². The summed E-state index contributed by atoms with van der Waals surface area (Å²) < 4.78 is 14.6. The lowest BCUT2D eigenvalue weighted by atomic mass is 9.90. The standard InChI is InChI=1S/C25H28FN3O2/c1-3-7-18-15-29(14-17(18)4-2)25(31)21-12-16(10-11-22(21)26)13-23-19-8-5-6-9-20(19)24(30)28-27-23/h5-6,8-12,17-18H,3-4,7,13-15H2,1-2H3,(H,28,30). The van der Waals surface area contributed by atoms with Crippen LogP contribution in [-0.4, -0.2) is 34.1 Å². The van der Waals surface area contributed by atoms with Crippen molar-refractivity contribution in [2.75, 3.05) is 13.1 Å². The van der Waals surface area contributed by atoms with Crippen LogP contribution in [0.2, 0.25) is 0 Å². The van der Waals surface area contributed by atoms with Crippen LogP contribution in [0, 0.1) is 17.7 Å². The average Bonchev–Trinajstić information content (AvgIpc) is 3.20. The van der Waals surface area contributed by atoms with Crippen molar-refractivity contribution in [3.8, 4) is 0 Å². The molecule has 0 bridgehead atoms. The predicted molar refractivity (Wildman–Crippen MR) is 120 cm³/mol. The Kier molecular flexibility index (Phi) is 6.16. The second-order valence-electron chi connectivity index (χ2n) is 8.46. The van der Waals surface area contributed by atoms with Gasteiger partial charge in [0.05, 0.1) is 16.6 Å². The maximum absolute atomic E-state index is 14.6. The summed E-state index contributed by atoms with van der Waals surface area (Å²) in [6.45, 7) is 5.70. The number of hydrogen-bond acceptors (Lipinski definition) is 3. The molecule has 1 aliphatic heterocycles. The first-order valence-electron chi connectivity index (χ1n) is 11.1. The molecule has 1 saturated heterocycles. The van der Waals surface area contributed by atoms with Gasteiger partial charge in [-0.25, -0.2) is 9.49 Å². The van der Waals surface area contributed by atoms with E-state index in [9.17, 15) is 14.0 Å². The van der Waals surface area contributed by atoms with Gasteiger partial charge in [0.25, 0.3) is 11.5 Å². The molecule has 2 heterocycles. The first-order valence-corrected chi connectivity index (χ1v) is 11.1. The molecule has 0 spiro atoms. The monoisotopic (exact) mass is 421 g/mol. The van der Waals surface area contributed by atoms with Crippen LogP contribution in [0.1, 0.15) is 54.7 Å². The number of likely N-dealkylation sites (tertiary alicyclic amines) is 1. The van der Waals surface area contributed by atoms with Crippen molar-refractivity contribution in [1.29, 1.82) is 0 Å². The lowest BCUT2D eigenvalue weighted by Crippen LogP contribution is -2.30. The van der Waals surface area contributed by atoms with Crippen LogP contribution in [0.25, 0.3) is 10.8 Å². The second-order valence-corrected chi connectivity index (χ2v) is 8.46. The Morgan fingerprint density at radius 1 is 1.13 bits per heavy atom. The number of carbonyl (C=O) groups is 1. The zero-order valence-electron chi connectivity index (χ0n) is 18.0. The van der Waals surface area contributed by atoms with Crippen LogP contribution in [0.4, 0.5) is 4.39 Å². The van der Waals surface area contributed by atoms with Crippen molar-refractivity contribution in [2.45, 2.75) is 39.5 Å². The summed E-state index contributed by atoms with van der Waals surface area (Å²) in [5.41, 5.74) is 1.34. The van der Waals surface area contributed by atoms with Crippen molar-refractivity contribution >= 4 is 16.7 Å². The van der Waals surface area contributed by atoms with Crippen molar-refractivity contribution in [3.63, 3.8) is 0 Å². The van der Waals surface area contributed by atoms with Crippen LogP contribution >= 0.6 is 0 Å². The number of aromatic nitrogens is 2. The van der Waals surface area contributed by atoms with E-state index in [-0.39, 0.29) is 17.0 Å². The zero-order valence-corrected chi connectivity index (χ0v) is 18.0. The molecule has 0 aliphatic carbocycles. The molecule has 1 N–H and O–H groups in total.